The summed E-state index contributed by atoms with van der Waals surface area (Å²) in [5.41, 5.74) is 0.466. The van der Waals surface area contributed by atoms with E-state index in [9.17, 15) is 9.50 Å². The second-order valence-corrected chi connectivity index (χ2v) is 5.40. The van der Waals surface area contributed by atoms with Gasteiger partial charge in [-0.15, -0.1) is 0 Å². The second-order valence-electron chi connectivity index (χ2n) is 4.16. The lowest BCUT2D eigenvalue weighted by Crippen LogP contribution is -2.10. The molecule has 1 aliphatic carbocycles. The molecule has 2 rings (SSSR count). The van der Waals surface area contributed by atoms with E-state index >= 15 is 0 Å². The van der Waals surface area contributed by atoms with Gasteiger partial charge in [-0.3, -0.25) is 0 Å². The summed E-state index contributed by atoms with van der Waals surface area (Å²) in [4.78, 5) is 0. The van der Waals surface area contributed by atoms with Gasteiger partial charge in [0.25, 0.3) is 0 Å². The van der Waals surface area contributed by atoms with Gasteiger partial charge in [0.1, 0.15) is 5.82 Å². The summed E-state index contributed by atoms with van der Waals surface area (Å²) >= 11 is 2.14. The minimum absolute atomic E-state index is 0.248. The largest absolute Gasteiger partial charge is 0.388 e. The van der Waals surface area contributed by atoms with Crippen LogP contribution in [0.25, 0.3) is 0 Å². The summed E-state index contributed by atoms with van der Waals surface area (Å²) < 4.78 is 14.5. The Morgan fingerprint density at radius 1 is 1.33 bits per heavy atom. The van der Waals surface area contributed by atoms with E-state index < -0.39 is 6.10 Å². The van der Waals surface area contributed by atoms with E-state index in [2.05, 4.69) is 22.6 Å². The maximum atomic E-state index is 13.5. The molecule has 0 spiro atoms. The van der Waals surface area contributed by atoms with E-state index in [-0.39, 0.29) is 11.7 Å². The highest BCUT2D eigenvalue weighted by molar-refractivity contribution is 14.1. The lowest BCUT2D eigenvalue weighted by molar-refractivity contribution is 0.108. The van der Waals surface area contributed by atoms with Gasteiger partial charge in [0.15, 0.2) is 0 Å². The number of hydrogen-bond donors (Lipinski definition) is 1. The molecule has 0 aromatic heterocycles. The third-order valence-electron chi connectivity index (χ3n) is 3.12. The number of aliphatic hydroxyl groups excluding tert-OH is 1. The molecule has 3 heteroatoms. The fourth-order valence-corrected chi connectivity index (χ4v) is 2.78. The van der Waals surface area contributed by atoms with Crippen molar-refractivity contribution < 1.29 is 9.50 Å². The molecule has 1 fully saturated rings. The normalized spacial score (nSPS) is 19.4. The van der Waals surface area contributed by atoms with E-state index in [0.717, 1.165) is 29.3 Å². The smallest absolute Gasteiger partial charge is 0.129 e. The average Bonchev–Trinajstić information content (AvgIpc) is 2.74. The Balaban J connectivity index is 2.23. The Labute approximate surface area is 103 Å². The molecule has 1 aromatic carbocycles. The van der Waals surface area contributed by atoms with Gasteiger partial charge in [0, 0.05) is 9.13 Å². The van der Waals surface area contributed by atoms with Crippen molar-refractivity contribution in [3.05, 3.63) is 33.1 Å². The fraction of sp³-hybridized carbons (Fsp3) is 0.500. The van der Waals surface area contributed by atoms with Crippen molar-refractivity contribution in [2.75, 3.05) is 0 Å². The number of halogens is 2. The first-order chi connectivity index (χ1) is 7.18. The van der Waals surface area contributed by atoms with E-state index in [1.54, 1.807) is 12.1 Å². The number of hydrogen-bond acceptors (Lipinski definition) is 1. The number of aliphatic hydroxyl groups is 1. The molecule has 0 bridgehead atoms. The molecule has 1 aliphatic rings. The number of benzene rings is 1. The van der Waals surface area contributed by atoms with Crippen molar-refractivity contribution in [3.8, 4) is 0 Å². The Kier molecular flexibility index (Phi) is 3.61. The predicted molar refractivity (Wildman–Crippen MR) is 66.0 cm³/mol. The van der Waals surface area contributed by atoms with Crippen molar-refractivity contribution in [1.82, 2.24) is 0 Å². The highest BCUT2D eigenvalue weighted by Gasteiger charge is 2.26. The van der Waals surface area contributed by atoms with Gasteiger partial charge in [-0.05, 0) is 59.5 Å². The zero-order chi connectivity index (χ0) is 10.8. The molecule has 0 heterocycles. The van der Waals surface area contributed by atoms with Crippen LogP contribution in [0.15, 0.2) is 18.2 Å². The molecule has 82 valence electrons. The van der Waals surface area contributed by atoms with Crippen LogP contribution in [0, 0.1) is 15.3 Å². The molecule has 0 aliphatic heterocycles. The first-order valence-electron chi connectivity index (χ1n) is 5.31. The van der Waals surface area contributed by atoms with Crippen LogP contribution in [0.3, 0.4) is 0 Å². The molecule has 0 radical (unpaired) electrons. The summed E-state index contributed by atoms with van der Waals surface area (Å²) in [6.07, 6.45) is 3.74. The van der Waals surface area contributed by atoms with Crippen LogP contribution in [-0.2, 0) is 0 Å². The summed E-state index contributed by atoms with van der Waals surface area (Å²) in [5.74, 6) is -0.0347. The van der Waals surface area contributed by atoms with Crippen LogP contribution < -0.4 is 0 Å². The fourth-order valence-electron chi connectivity index (χ4n) is 2.27. The Morgan fingerprint density at radius 2 is 2.00 bits per heavy atom. The molecule has 1 aromatic rings. The van der Waals surface area contributed by atoms with Crippen LogP contribution in [-0.4, -0.2) is 5.11 Å². The lowest BCUT2D eigenvalue weighted by atomic mass is 9.94. The summed E-state index contributed by atoms with van der Waals surface area (Å²) in [7, 11) is 0. The van der Waals surface area contributed by atoms with Crippen LogP contribution in [0.2, 0.25) is 0 Å². The molecule has 1 saturated carbocycles. The first-order valence-corrected chi connectivity index (χ1v) is 6.39. The summed E-state index contributed by atoms with van der Waals surface area (Å²) in [6.45, 7) is 0. The van der Waals surface area contributed by atoms with E-state index in [1.807, 2.05) is 0 Å². The summed E-state index contributed by atoms with van der Waals surface area (Å²) in [5, 5.41) is 10.1. The third-order valence-corrected chi connectivity index (χ3v) is 3.79. The second kappa shape index (κ2) is 4.78. The average molecular weight is 320 g/mol. The SMILES string of the molecule is OC(c1cc(I)ccc1F)C1CCCC1. The molecule has 0 amide bonds. The van der Waals surface area contributed by atoms with Gasteiger partial charge in [0.05, 0.1) is 6.10 Å². The molecule has 1 nitrogen and oxygen atoms in total. The maximum absolute atomic E-state index is 13.5. The van der Waals surface area contributed by atoms with E-state index in [1.165, 1.54) is 6.07 Å². The zero-order valence-corrected chi connectivity index (χ0v) is 10.6. The lowest BCUT2D eigenvalue weighted by Gasteiger charge is -2.18. The van der Waals surface area contributed by atoms with Crippen molar-refractivity contribution in [2.45, 2.75) is 31.8 Å². The van der Waals surface area contributed by atoms with Gasteiger partial charge in [0.2, 0.25) is 0 Å². The number of rotatable bonds is 2. The quantitative estimate of drug-likeness (QED) is 0.825. The standard InChI is InChI=1S/C12H14FIO/c13-11-6-5-9(14)7-10(11)12(15)8-3-1-2-4-8/h5-8,12,15H,1-4H2. The van der Waals surface area contributed by atoms with Crippen molar-refractivity contribution in [2.24, 2.45) is 5.92 Å². The van der Waals surface area contributed by atoms with Crippen LogP contribution >= 0.6 is 22.6 Å². The van der Waals surface area contributed by atoms with Crippen LogP contribution in [0.1, 0.15) is 37.4 Å². The van der Waals surface area contributed by atoms with Crippen LogP contribution in [0.5, 0.6) is 0 Å². The maximum Gasteiger partial charge on any atom is 0.129 e. The molecular weight excluding hydrogens is 306 g/mol. The van der Waals surface area contributed by atoms with E-state index in [4.69, 9.17) is 0 Å². The summed E-state index contributed by atoms with van der Waals surface area (Å²) in [6, 6.07) is 4.91. The molecule has 0 saturated heterocycles. The third kappa shape index (κ3) is 2.50. The molecular formula is C12H14FIO. The van der Waals surface area contributed by atoms with Gasteiger partial charge in [-0.1, -0.05) is 12.8 Å². The van der Waals surface area contributed by atoms with Crippen molar-refractivity contribution in [3.63, 3.8) is 0 Å². The predicted octanol–water partition coefficient (Wildman–Crippen LogP) is 3.65. The zero-order valence-electron chi connectivity index (χ0n) is 8.42. The van der Waals surface area contributed by atoms with Gasteiger partial charge < -0.3 is 5.11 Å². The van der Waals surface area contributed by atoms with Crippen molar-refractivity contribution >= 4 is 22.6 Å². The van der Waals surface area contributed by atoms with Gasteiger partial charge >= 0.3 is 0 Å². The highest BCUT2D eigenvalue weighted by Crippen LogP contribution is 2.36. The minimum atomic E-state index is -0.623. The van der Waals surface area contributed by atoms with Crippen LogP contribution in [0.4, 0.5) is 4.39 Å². The first kappa shape index (κ1) is 11.3. The molecule has 1 N–H and O–H groups in total. The van der Waals surface area contributed by atoms with Gasteiger partial charge in [-0.25, -0.2) is 4.39 Å². The Morgan fingerprint density at radius 3 is 2.67 bits per heavy atom. The minimum Gasteiger partial charge on any atom is -0.388 e. The van der Waals surface area contributed by atoms with Crippen molar-refractivity contribution in [1.29, 1.82) is 0 Å². The Bertz CT molecular complexity index is 347. The molecule has 15 heavy (non-hydrogen) atoms. The molecule has 1 unspecified atom stereocenters. The van der Waals surface area contributed by atoms with E-state index in [0.29, 0.717) is 5.56 Å². The highest BCUT2D eigenvalue weighted by atomic mass is 127. The Hall–Kier alpha value is -0.160. The topological polar surface area (TPSA) is 20.2 Å². The van der Waals surface area contributed by atoms with Gasteiger partial charge in [-0.2, -0.15) is 0 Å². The monoisotopic (exact) mass is 320 g/mol. The molecule has 1 atom stereocenters.